The third-order valence-electron chi connectivity index (χ3n) is 6.22. The van der Waals surface area contributed by atoms with Gasteiger partial charge in [0.1, 0.15) is 0 Å². The SMILES string of the molecule is Cc1ccc(-c2cc(C(=O)NCCCN3CCc4ccccc4C3)c(C)[nH]2)cc1C. The first-order chi connectivity index (χ1) is 14.5. The van der Waals surface area contributed by atoms with Crippen molar-refractivity contribution in [3.63, 3.8) is 0 Å². The van der Waals surface area contributed by atoms with Crippen LogP contribution in [-0.2, 0) is 13.0 Å². The first-order valence-corrected chi connectivity index (χ1v) is 10.9. The van der Waals surface area contributed by atoms with Crippen molar-refractivity contribution in [3.8, 4) is 11.3 Å². The average Bonchev–Trinajstić information content (AvgIpc) is 3.14. The van der Waals surface area contributed by atoms with Crippen LogP contribution in [0.5, 0.6) is 0 Å². The number of H-pyrrole nitrogens is 1. The summed E-state index contributed by atoms with van der Waals surface area (Å²) in [4.78, 5) is 18.6. The highest BCUT2D eigenvalue weighted by Gasteiger charge is 2.16. The maximum atomic E-state index is 12.7. The molecule has 0 spiro atoms. The highest BCUT2D eigenvalue weighted by Crippen LogP contribution is 2.24. The van der Waals surface area contributed by atoms with Gasteiger partial charge in [-0.1, -0.05) is 36.4 Å². The van der Waals surface area contributed by atoms with Crippen molar-refractivity contribution in [2.24, 2.45) is 0 Å². The first kappa shape index (κ1) is 20.4. The van der Waals surface area contributed by atoms with Gasteiger partial charge in [-0.15, -0.1) is 0 Å². The van der Waals surface area contributed by atoms with Gasteiger partial charge in [0.25, 0.3) is 5.91 Å². The van der Waals surface area contributed by atoms with Crippen LogP contribution >= 0.6 is 0 Å². The van der Waals surface area contributed by atoms with E-state index in [0.29, 0.717) is 6.54 Å². The molecule has 0 bridgehead atoms. The van der Waals surface area contributed by atoms with Gasteiger partial charge in [-0.05, 0) is 73.6 Å². The normalized spacial score (nSPS) is 13.8. The van der Waals surface area contributed by atoms with E-state index in [2.05, 4.69) is 71.5 Å². The molecule has 2 N–H and O–H groups in total. The van der Waals surface area contributed by atoms with Gasteiger partial charge in [0.15, 0.2) is 0 Å². The number of amides is 1. The van der Waals surface area contributed by atoms with Crippen LogP contribution in [0.2, 0.25) is 0 Å². The first-order valence-electron chi connectivity index (χ1n) is 10.9. The molecular formula is C26H31N3O. The predicted molar refractivity (Wildman–Crippen MR) is 123 cm³/mol. The predicted octanol–water partition coefficient (Wildman–Crippen LogP) is 4.79. The van der Waals surface area contributed by atoms with Gasteiger partial charge >= 0.3 is 0 Å². The van der Waals surface area contributed by atoms with Gasteiger partial charge < -0.3 is 10.3 Å². The van der Waals surface area contributed by atoms with Gasteiger partial charge in [-0.3, -0.25) is 9.69 Å². The van der Waals surface area contributed by atoms with Crippen molar-refractivity contribution < 1.29 is 4.79 Å². The van der Waals surface area contributed by atoms with E-state index in [9.17, 15) is 4.79 Å². The molecule has 2 heterocycles. The number of carbonyl (C=O) groups is 1. The molecule has 4 rings (SSSR count). The van der Waals surface area contributed by atoms with Crippen LogP contribution in [0.25, 0.3) is 11.3 Å². The summed E-state index contributed by atoms with van der Waals surface area (Å²) < 4.78 is 0. The Labute approximate surface area is 179 Å². The number of rotatable bonds is 6. The molecule has 0 fully saturated rings. The molecule has 0 atom stereocenters. The van der Waals surface area contributed by atoms with Crippen LogP contribution in [0, 0.1) is 20.8 Å². The lowest BCUT2D eigenvalue weighted by atomic mass is 10.00. The second-order valence-electron chi connectivity index (χ2n) is 8.43. The summed E-state index contributed by atoms with van der Waals surface area (Å²) in [6.45, 7) is 10.0. The Bertz CT molecular complexity index is 1050. The molecule has 0 radical (unpaired) electrons. The molecule has 0 unspecified atom stereocenters. The molecule has 1 aliphatic heterocycles. The quantitative estimate of drug-likeness (QED) is 0.584. The fourth-order valence-electron chi connectivity index (χ4n) is 4.20. The molecule has 0 saturated heterocycles. The molecule has 0 aliphatic carbocycles. The Hall–Kier alpha value is -2.85. The number of hydrogen-bond donors (Lipinski definition) is 2. The fraction of sp³-hybridized carbons (Fsp3) is 0.346. The zero-order valence-corrected chi connectivity index (χ0v) is 18.2. The molecule has 2 aromatic carbocycles. The second kappa shape index (κ2) is 8.88. The van der Waals surface area contributed by atoms with E-state index in [-0.39, 0.29) is 5.91 Å². The molecule has 156 valence electrons. The number of fused-ring (bicyclic) bond motifs is 1. The molecule has 1 amide bonds. The Morgan fingerprint density at radius 1 is 1.03 bits per heavy atom. The molecule has 0 saturated carbocycles. The lowest BCUT2D eigenvalue weighted by Gasteiger charge is -2.28. The third kappa shape index (κ3) is 4.49. The van der Waals surface area contributed by atoms with Crippen LogP contribution in [0.3, 0.4) is 0 Å². The molecule has 1 aromatic heterocycles. The lowest BCUT2D eigenvalue weighted by molar-refractivity contribution is 0.0951. The van der Waals surface area contributed by atoms with E-state index in [1.807, 2.05) is 13.0 Å². The van der Waals surface area contributed by atoms with Gasteiger partial charge in [0.05, 0.1) is 5.56 Å². The molecule has 4 nitrogen and oxygen atoms in total. The van der Waals surface area contributed by atoms with Gasteiger partial charge in [-0.25, -0.2) is 0 Å². The summed E-state index contributed by atoms with van der Waals surface area (Å²) in [6, 6.07) is 17.1. The molecule has 4 heteroatoms. The third-order valence-corrected chi connectivity index (χ3v) is 6.22. The largest absolute Gasteiger partial charge is 0.358 e. The summed E-state index contributed by atoms with van der Waals surface area (Å²) in [5.41, 5.74) is 9.20. The topological polar surface area (TPSA) is 48.1 Å². The highest BCUT2D eigenvalue weighted by molar-refractivity contribution is 5.96. The van der Waals surface area contributed by atoms with E-state index >= 15 is 0 Å². The summed E-state index contributed by atoms with van der Waals surface area (Å²) in [6.07, 6.45) is 2.08. The summed E-state index contributed by atoms with van der Waals surface area (Å²) >= 11 is 0. The average molecular weight is 402 g/mol. The second-order valence-corrected chi connectivity index (χ2v) is 8.43. The van der Waals surface area contributed by atoms with E-state index in [4.69, 9.17) is 0 Å². The Morgan fingerprint density at radius 2 is 1.83 bits per heavy atom. The van der Waals surface area contributed by atoms with E-state index in [0.717, 1.165) is 55.0 Å². The number of hydrogen-bond acceptors (Lipinski definition) is 2. The maximum Gasteiger partial charge on any atom is 0.253 e. The smallest absolute Gasteiger partial charge is 0.253 e. The molecular weight excluding hydrogens is 370 g/mol. The van der Waals surface area contributed by atoms with Crippen LogP contribution < -0.4 is 5.32 Å². The minimum atomic E-state index is 0.00261. The lowest BCUT2D eigenvalue weighted by Crippen LogP contribution is -2.33. The van der Waals surface area contributed by atoms with Crippen molar-refractivity contribution in [1.82, 2.24) is 15.2 Å². The Morgan fingerprint density at radius 3 is 2.63 bits per heavy atom. The van der Waals surface area contributed by atoms with Gasteiger partial charge in [-0.2, -0.15) is 0 Å². The summed E-state index contributed by atoms with van der Waals surface area (Å²) in [5, 5.41) is 3.10. The Balaban J connectivity index is 1.29. The monoisotopic (exact) mass is 401 g/mol. The molecule has 1 aliphatic rings. The number of aromatic amines is 1. The number of nitrogens with one attached hydrogen (secondary N) is 2. The van der Waals surface area contributed by atoms with Crippen LogP contribution in [0.15, 0.2) is 48.5 Å². The van der Waals surface area contributed by atoms with Gasteiger partial charge in [0.2, 0.25) is 0 Å². The zero-order chi connectivity index (χ0) is 21.1. The van der Waals surface area contributed by atoms with Crippen LogP contribution in [0.1, 0.15) is 44.7 Å². The van der Waals surface area contributed by atoms with Crippen molar-refractivity contribution in [2.75, 3.05) is 19.6 Å². The van der Waals surface area contributed by atoms with Crippen molar-refractivity contribution in [2.45, 2.75) is 40.2 Å². The number of nitrogens with zero attached hydrogens (tertiary/aromatic N) is 1. The molecule has 30 heavy (non-hydrogen) atoms. The van der Waals surface area contributed by atoms with E-state index in [1.165, 1.54) is 22.3 Å². The minimum absolute atomic E-state index is 0.00261. The van der Waals surface area contributed by atoms with Crippen molar-refractivity contribution in [3.05, 3.63) is 82.0 Å². The summed E-state index contributed by atoms with van der Waals surface area (Å²) in [7, 11) is 0. The highest BCUT2D eigenvalue weighted by atomic mass is 16.1. The molecule has 3 aromatic rings. The number of aromatic nitrogens is 1. The van der Waals surface area contributed by atoms with Crippen LogP contribution in [0.4, 0.5) is 0 Å². The van der Waals surface area contributed by atoms with Crippen molar-refractivity contribution >= 4 is 5.91 Å². The summed E-state index contributed by atoms with van der Waals surface area (Å²) in [5.74, 6) is 0.00261. The van der Waals surface area contributed by atoms with E-state index < -0.39 is 0 Å². The fourth-order valence-corrected chi connectivity index (χ4v) is 4.20. The Kier molecular flexibility index (Phi) is 6.05. The zero-order valence-electron chi connectivity index (χ0n) is 18.2. The number of benzene rings is 2. The standard InChI is InChI=1S/C26H31N3O/c1-18-9-10-22(15-19(18)2)25-16-24(20(3)28-25)26(30)27-12-6-13-29-14-11-21-7-4-5-8-23(21)17-29/h4-5,7-10,15-16,28H,6,11-14,17H2,1-3H3,(H,27,30). The van der Waals surface area contributed by atoms with Crippen molar-refractivity contribution in [1.29, 1.82) is 0 Å². The number of aryl methyl sites for hydroxylation is 3. The minimum Gasteiger partial charge on any atom is -0.358 e. The number of carbonyl (C=O) groups excluding carboxylic acids is 1. The van der Waals surface area contributed by atoms with Gasteiger partial charge in [0, 0.05) is 37.6 Å². The van der Waals surface area contributed by atoms with E-state index in [1.54, 1.807) is 0 Å². The maximum absolute atomic E-state index is 12.7. The van der Waals surface area contributed by atoms with Crippen LogP contribution in [-0.4, -0.2) is 35.4 Å².